The van der Waals surface area contributed by atoms with Gasteiger partial charge >= 0.3 is 5.97 Å². The van der Waals surface area contributed by atoms with Gasteiger partial charge in [-0.15, -0.1) is 0 Å². The van der Waals surface area contributed by atoms with Gasteiger partial charge in [-0.3, -0.25) is 4.79 Å². The third-order valence-corrected chi connectivity index (χ3v) is 2.53. The summed E-state index contributed by atoms with van der Waals surface area (Å²) >= 11 is 0. The fourth-order valence-corrected chi connectivity index (χ4v) is 1.74. The summed E-state index contributed by atoms with van der Waals surface area (Å²) < 4.78 is 0. The first-order valence-corrected chi connectivity index (χ1v) is 4.29. The molecule has 0 aliphatic heterocycles. The lowest BCUT2D eigenvalue weighted by Gasteiger charge is -2.29. The molecule has 0 radical (unpaired) electrons. The highest BCUT2D eigenvalue weighted by molar-refractivity contribution is 5.73. The van der Waals surface area contributed by atoms with Gasteiger partial charge in [-0.25, -0.2) is 0 Å². The van der Waals surface area contributed by atoms with Crippen LogP contribution in [-0.4, -0.2) is 28.3 Å². The van der Waals surface area contributed by atoms with Crippen molar-refractivity contribution in [3.63, 3.8) is 0 Å². The maximum atomic E-state index is 10.5. The molecule has 70 valence electrons. The summed E-state index contributed by atoms with van der Waals surface area (Å²) in [4.78, 5) is 10.5. The van der Waals surface area contributed by atoms with Crippen molar-refractivity contribution in [2.24, 2.45) is 11.7 Å². The highest BCUT2D eigenvalue weighted by atomic mass is 16.4. The molecule has 12 heavy (non-hydrogen) atoms. The van der Waals surface area contributed by atoms with Crippen molar-refractivity contribution in [3.05, 3.63) is 0 Å². The number of carbonyl (C=O) groups is 1. The van der Waals surface area contributed by atoms with Crippen molar-refractivity contribution in [1.29, 1.82) is 0 Å². The lowest BCUT2D eigenvalue weighted by molar-refractivity contribution is -0.141. The van der Waals surface area contributed by atoms with E-state index in [1.165, 1.54) is 0 Å². The van der Waals surface area contributed by atoms with E-state index in [4.69, 9.17) is 10.8 Å². The van der Waals surface area contributed by atoms with E-state index < -0.39 is 18.1 Å². The van der Waals surface area contributed by atoms with Gasteiger partial charge in [0.05, 0.1) is 6.10 Å². The van der Waals surface area contributed by atoms with Gasteiger partial charge in [0, 0.05) is 5.92 Å². The highest BCUT2D eigenvalue weighted by Crippen LogP contribution is 2.26. The van der Waals surface area contributed by atoms with Crippen molar-refractivity contribution < 1.29 is 15.0 Å². The molecule has 0 spiro atoms. The van der Waals surface area contributed by atoms with E-state index in [1.807, 2.05) is 0 Å². The largest absolute Gasteiger partial charge is 0.480 e. The zero-order valence-electron chi connectivity index (χ0n) is 6.94. The number of aliphatic carboxylic acids is 1. The Hall–Kier alpha value is -0.610. The maximum Gasteiger partial charge on any atom is 0.320 e. The van der Waals surface area contributed by atoms with Gasteiger partial charge in [0.2, 0.25) is 0 Å². The number of aliphatic hydroxyl groups excluding tert-OH is 1. The van der Waals surface area contributed by atoms with Crippen molar-refractivity contribution in [1.82, 2.24) is 0 Å². The molecule has 1 fully saturated rings. The maximum absolute atomic E-state index is 10.5. The molecule has 1 aliphatic carbocycles. The average Bonchev–Trinajstić information content (AvgIpc) is 2.04. The monoisotopic (exact) mass is 173 g/mol. The molecule has 1 aliphatic rings. The molecule has 4 heteroatoms. The Morgan fingerprint density at radius 1 is 1.42 bits per heavy atom. The summed E-state index contributed by atoms with van der Waals surface area (Å²) in [5.74, 6) is -1.27. The number of nitrogens with two attached hydrogens (primary N) is 1. The fraction of sp³-hybridized carbons (Fsp3) is 0.875. The molecular weight excluding hydrogens is 158 g/mol. The molecule has 0 unspecified atom stereocenters. The summed E-state index contributed by atoms with van der Waals surface area (Å²) in [6.45, 7) is 0. The SMILES string of the molecule is N[C@H](C(=O)O)[C@H]1CCCC[C@@H]1O. The second kappa shape index (κ2) is 3.87. The summed E-state index contributed by atoms with van der Waals surface area (Å²) in [5, 5.41) is 18.1. The Balaban J connectivity index is 2.53. The number of hydrogen-bond acceptors (Lipinski definition) is 3. The zero-order valence-corrected chi connectivity index (χ0v) is 6.94. The number of carboxylic acid groups (broad SMARTS) is 1. The zero-order chi connectivity index (χ0) is 9.14. The highest BCUT2D eigenvalue weighted by Gasteiger charge is 2.32. The van der Waals surface area contributed by atoms with E-state index in [2.05, 4.69) is 0 Å². The Kier molecular flexibility index (Phi) is 3.05. The molecule has 1 saturated carbocycles. The smallest absolute Gasteiger partial charge is 0.320 e. The third-order valence-electron chi connectivity index (χ3n) is 2.53. The first-order chi connectivity index (χ1) is 5.63. The lowest BCUT2D eigenvalue weighted by Crippen LogP contribution is -2.45. The van der Waals surface area contributed by atoms with Crippen LogP contribution in [-0.2, 0) is 4.79 Å². The number of hydrogen-bond donors (Lipinski definition) is 3. The minimum Gasteiger partial charge on any atom is -0.480 e. The van der Waals surface area contributed by atoms with E-state index in [9.17, 15) is 9.90 Å². The van der Waals surface area contributed by atoms with Crippen LogP contribution in [0.15, 0.2) is 0 Å². The molecule has 0 aromatic heterocycles. The van der Waals surface area contributed by atoms with E-state index in [-0.39, 0.29) is 5.92 Å². The molecule has 0 bridgehead atoms. The fourth-order valence-electron chi connectivity index (χ4n) is 1.74. The van der Waals surface area contributed by atoms with E-state index in [1.54, 1.807) is 0 Å². The van der Waals surface area contributed by atoms with Gasteiger partial charge < -0.3 is 15.9 Å². The number of carboxylic acids is 1. The van der Waals surface area contributed by atoms with Crippen LogP contribution in [0.25, 0.3) is 0 Å². The van der Waals surface area contributed by atoms with E-state index >= 15 is 0 Å². The average molecular weight is 173 g/mol. The molecule has 0 aromatic rings. The second-order valence-electron chi connectivity index (χ2n) is 3.38. The first kappa shape index (κ1) is 9.48. The van der Waals surface area contributed by atoms with E-state index in [0.717, 1.165) is 19.3 Å². The van der Waals surface area contributed by atoms with Crippen LogP contribution in [0.4, 0.5) is 0 Å². The van der Waals surface area contributed by atoms with Gasteiger partial charge in [-0.05, 0) is 12.8 Å². The molecule has 4 nitrogen and oxygen atoms in total. The molecule has 0 saturated heterocycles. The Morgan fingerprint density at radius 2 is 2.00 bits per heavy atom. The summed E-state index contributed by atoms with van der Waals surface area (Å²) in [6, 6.07) is -0.903. The second-order valence-corrected chi connectivity index (χ2v) is 3.38. The van der Waals surface area contributed by atoms with Crippen LogP contribution in [0.2, 0.25) is 0 Å². The summed E-state index contributed by atoms with van der Waals surface area (Å²) in [5.41, 5.74) is 5.42. The Bertz CT molecular complexity index is 172. The molecule has 0 amide bonds. The van der Waals surface area contributed by atoms with Crippen molar-refractivity contribution in [2.45, 2.75) is 37.8 Å². The topological polar surface area (TPSA) is 83.6 Å². The minimum atomic E-state index is -1.01. The third kappa shape index (κ3) is 1.95. The predicted octanol–water partition coefficient (Wildman–Crippen LogP) is -0.0506. The quantitative estimate of drug-likeness (QED) is 0.546. The molecule has 4 N–H and O–H groups in total. The van der Waals surface area contributed by atoms with Crippen molar-refractivity contribution in [3.8, 4) is 0 Å². The number of aliphatic hydroxyl groups is 1. The summed E-state index contributed by atoms with van der Waals surface area (Å²) in [6.07, 6.45) is 2.84. The minimum absolute atomic E-state index is 0.253. The lowest BCUT2D eigenvalue weighted by atomic mass is 9.82. The van der Waals surface area contributed by atoms with Crippen LogP contribution in [0.5, 0.6) is 0 Å². The van der Waals surface area contributed by atoms with Crippen LogP contribution in [0, 0.1) is 5.92 Å². The molecule has 3 atom stereocenters. The molecule has 0 heterocycles. The number of rotatable bonds is 2. The van der Waals surface area contributed by atoms with Crippen LogP contribution in [0.3, 0.4) is 0 Å². The van der Waals surface area contributed by atoms with Crippen LogP contribution >= 0.6 is 0 Å². The van der Waals surface area contributed by atoms with Gasteiger partial charge in [0.1, 0.15) is 6.04 Å². The molecule has 0 aromatic carbocycles. The van der Waals surface area contributed by atoms with Crippen LogP contribution < -0.4 is 5.73 Å². The predicted molar refractivity (Wildman–Crippen MR) is 43.6 cm³/mol. The standard InChI is InChI=1S/C8H15NO3/c9-7(8(11)12)5-3-1-2-4-6(5)10/h5-7,10H,1-4,9H2,(H,11,12)/t5-,6-,7-/m0/s1. The van der Waals surface area contributed by atoms with Gasteiger partial charge in [-0.1, -0.05) is 12.8 Å². The first-order valence-electron chi connectivity index (χ1n) is 4.29. The van der Waals surface area contributed by atoms with Crippen LogP contribution in [0.1, 0.15) is 25.7 Å². The van der Waals surface area contributed by atoms with Gasteiger partial charge in [0.25, 0.3) is 0 Å². The summed E-state index contributed by atoms with van der Waals surface area (Å²) in [7, 11) is 0. The Morgan fingerprint density at radius 3 is 2.50 bits per heavy atom. The molecule has 1 rings (SSSR count). The van der Waals surface area contributed by atoms with Crippen molar-refractivity contribution >= 4 is 5.97 Å². The van der Waals surface area contributed by atoms with Gasteiger partial charge in [0.15, 0.2) is 0 Å². The van der Waals surface area contributed by atoms with Gasteiger partial charge in [-0.2, -0.15) is 0 Å². The van der Waals surface area contributed by atoms with Crippen molar-refractivity contribution in [2.75, 3.05) is 0 Å². The normalized spacial score (nSPS) is 32.8. The molecular formula is C8H15NO3. The Labute approximate surface area is 71.4 Å². The van der Waals surface area contributed by atoms with E-state index in [0.29, 0.717) is 6.42 Å².